The maximum atomic E-state index is 12.6. The molecular weight excluding hydrogens is 312 g/mol. The van der Waals surface area contributed by atoms with E-state index in [1.807, 2.05) is 19.2 Å². The molecule has 1 aliphatic rings. The average molecular weight is 335 g/mol. The predicted octanol–water partition coefficient (Wildman–Crippen LogP) is 2.73. The van der Waals surface area contributed by atoms with Crippen molar-refractivity contribution < 1.29 is 9.53 Å². The summed E-state index contributed by atoms with van der Waals surface area (Å²) < 4.78 is 5.31. The fourth-order valence-electron chi connectivity index (χ4n) is 3.01. The van der Waals surface area contributed by atoms with Crippen molar-refractivity contribution in [3.8, 4) is 0 Å². The van der Waals surface area contributed by atoms with Gasteiger partial charge in [-0.25, -0.2) is 0 Å². The summed E-state index contributed by atoms with van der Waals surface area (Å²) in [5, 5.41) is 2.40. The molecule has 1 saturated heterocycles. The largest absolute Gasteiger partial charge is 0.381 e. The molecule has 2 N–H and O–H groups in total. The van der Waals surface area contributed by atoms with Crippen molar-refractivity contribution in [2.45, 2.75) is 24.9 Å². The number of rotatable bonds is 3. The van der Waals surface area contributed by atoms with Crippen molar-refractivity contribution in [1.82, 2.24) is 4.90 Å². The van der Waals surface area contributed by atoms with Crippen molar-refractivity contribution in [1.29, 1.82) is 0 Å². The van der Waals surface area contributed by atoms with E-state index >= 15 is 0 Å². The number of halogens is 1. The molecule has 0 bridgehead atoms. The fourth-order valence-corrected chi connectivity index (χ4v) is 3.01. The first-order valence-electron chi connectivity index (χ1n) is 7.68. The second-order valence-electron chi connectivity index (χ2n) is 6.11. The summed E-state index contributed by atoms with van der Waals surface area (Å²) in [5.74, 6) is 0.00367. The topological polar surface area (TPSA) is 55.6 Å². The SMILES string of the molecule is CN(Cc1ccc2ccccc2c1)C(=O)C1(N)CCOCC1.Cl. The van der Waals surface area contributed by atoms with Gasteiger partial charge < -0.3 is 15.4 Å². The third-order valence-corrected chi connectivity index (χ3v) is 4.39. The van der Waals surface area contributed by atoms with Crippen LogP contribution in [-0.4, -0.2) is 36.6 Å². The van der Waals surface area contributed by atoms with Gasteiger partial charge in [0.1, 0.15) is 0 Å². The number of carbonyl (C=O) groups excluding carboxylic acids is 1. The zero-order valence-electron chi connectivity index (χ0n) is 13.3. The number of amides is 1. The van der Waals surface area contributed by atoms with Gasteiger partial charge in [-0.2, -0.15) is 0 Å². The Morgan fingerprint density at radius 3 is 2.52 bits per heavy atom. The lowest BCUT2D eigenvalue weighted by molar-refractivity contribution is -0.139. The Kier molecular flexibility index (Phi) is 5.63. The summed E-state index contributed by atoms with van der Waals surface area (Å²) in [6, 6.07) is 14.5. The van der Waals surface area contributed by atoms with Crippen molar-refractivity contribution in [2.75, 3.05) is 20.3 Å². The van der Waals surface area contributed by atoms with Crippen LogP contribution in [0.4, 0.5) is 0 Å². The molecule has 23 heavy (non-hydrogen) atoms. The zero-order valence-corrected chi connectivity index (χ0v) is 14.1. The molecule has 4 nitrogen and oxygen atoms in total. The van der Waals surface area contributed by atoms with Crippen LogP contribution >= 0.6 is 12.4 Å². The molecule has 0 saturated carbocycles. The number of hydrogen-bond donors (Lipinski definition) is 1. The molecule has 0 unspecified atom stereocenters. The van der Waals surface area contributed by atoms with E-state index in [0.717, 1.165) is 5.56 Å². The number of likely N-dealkylation sites (N-methyl/N-ethyl adjacent to an activating group) is 1. The van der Waals surface area contributed by atoms with Crippen LogP contribution in [-0.2, 0) is 16.1 Å². The molecule has 1 fully saturated rings. The molecule has 5 heteroatoms. The predicted molar refractivity (Wildman–Crippen MR) is 94.6 cm³/mol. The molecule has 0 aromatic heterocycles. The van der Waals surface area contributed by atoms with E-state index in [1.54, 1.807) is 4.90 Å². The molecule has 1 amide bonds. The molecule has 0 spiro atoms. The van der Waals surface area contributed by atoms with Gasteiger partial charge in [-0.15, -0.1) is 12.4 Å². The number of hydrogen-bond acceptors (Lipinski definition) is 3. The number of nitrogens with two attached hydrogens (primary N) is 1. The Labute approximate surface area is 143 Å². The summed E-state index contributed by atoms with van der Waals surface area (Å²) in [7, 11) is 1.82. The first-order chi connectivity index (χ1) is 10.6. The normalized spacial score (nSPS) is 16.6. The Balaban J connectivity index is 0.00000192. The molecule has 2 aromatic rings. The van der Waals surface area contributed by atoms with E-state index in [9.17, 15) is 4.79 Å². The van der Waals surface area contributed by atoms with E-state index in [2.05, 4.69) is 30.3 Å². The van der Waals surface area contributed by atoms with Crippen molar-refractivity contribution in [3.63, 3.8) is 0 Å². The standard InChI is InChI=1S/C18H22N2O2.ClH/c1-20(17(21)18(19)8-10-22-11-9-18)13-14-6-7-15-4-2-3-5-16(15)12-14;/h2-7,12H,8-11,13,19H2,1H3;1H. The van der Waals surface area contributed by atoms with E-state index < -0.39 is 5.54 Å². The van der Waals surface area contributed by atoms with Crippen LogP contribution in [0.5, 0.6) is 0 Å². The molecule has 0 atom stereocenters. The monoisotopic (exact) mass is 334 g/mol. The Morgan fingerprint density at radius 2 is 1.83 bits per heavy atom. The molecule has 3 rings (SSSR count). The second kappa shape index (κ2) is 7.30. The number of nitrogens with zero attached hydrogens (tertiary/aromatic N) is 1. The van der Waals surface area contributed by atoms with Crippen LogP contribution in [0.2, 0.25) is 0 Å². The maximum Gasteiger partial charge on any atom is 0.242 e. The molecule has 2 aromatic carbocycles. The Morgan fingerprint density at radius 1 is 1.17 bits per heavy atom. The van der Waals surface area contributed by atoms with E-state index in [1.165, 1.54) is 10.8 Å². The van der Waals surface area contributed by atoms with Crippen LogP contribution in [0.15, 0.2) is 42.5 Å². The number of benzene rings is 2. The van der Waals surface area contributed by atoms with E-state index in [-0.39, 0.29) is 18.3 Å². The molecular formula is C18H23ClN2O2. The summed E-state index contributed by atoms with van der Waals surface area (Å²) in [5.41, 5.74) is 6.62. The second-order valence-corrected chi connectivity index (χ2v) is 6.11. The first-order valence-corrected chi connectivity index (χ1v) is 7.68. The van der Waals surface area contributed by atoms with Crippen LogP contribution in [0, 0.1) is 0 Å². The smallest absolute Gasteiger partial charge is 0.242 e. The maximum absolute atomic E-state index is 12.6. The van der Waals surface area contributed by atoms with E-state index in [0.29, 0.717) is 32.6 Å². The van der Waals surface area contributed by atoms with Crippen LogP contribution < -0.4 is 5.73 Å². The summed E-state index contributed by atoms with van der Waals surface area (Å²) in [6.45, 7) is 1.70. The minimum atomic E-state index is -0.774. The first kappa shape index (κ1) is 17.7. The summed E-state index contributed by atoms with van der Waals surface area (Å²) >= 11 is 0. The average Bonchev–Trinajstić information content (AvgIpc) is 2.54. The van der Waals surface area contributed by atoms with Crippen LogP contribution in [0.3, 0.4) is 0 Å². The fraction of sp³-hybridized carbons (Fsp3) is 0.389. The lowest BCUT2D eigenvalue weighted by Gasteiger charge is -2.35. The lowest BCUT2D eigenvalue weighted by atomic mass is 9.89. The van der Waals surface area contributed by atoms with Gasteiger partial charge in [0.15, 0.2) is 0 Å². The van der Waals surface area contributed by atoms with Crippen molar-refractivity contribution >= 4 is 29.1 Å². The highest BCUT2D eigenvalue weighted by molar-refractivity contribution is 5.86. The highest BCUT2D eigenvalue weighted by atomic mass is 35.5. The van der Waals surface area contributed by atoms with Gasteiger partial charge >= 0.3 is 0 Å². The van der Waals surface area contributed by atoms with Gasteiger partial charge in [0, 0.05) is 26.8 Å². The summed E-state index contributed by atoms with van der Waals surface area (Å²) in [6.07, 6.45) is 1.18. The van der Waals surface area contributed by atoms with Crippen LogP contribution in [0.1, 0.15) is 18.4 Å². The zero-order chi connectivity index (χ0) is 15.6. The minimum absolute atomic E-state index is 0. The Bertz CT molecular complexity index is 684. The van der Waals surface area contributed by atoms with Gasteiger partial charge in [-0.05, 0) is 35.2 Å². The third-order valence-electron chi connectivity index (χ3n) is 4.39. The molecule has 1 aliphatic heterocycles. The summed E-state index contributed by atoms with van der Waals surface area (Å²) in [4.78, 5) is 14.4. The van der Waals surface area contributed by atoms with Gasteiger partial charge in [-0.3, -0.25) is 4.79 Å². The van der Waals surface area contributed by atoms with E-state index in [4.69, 9.17) is 10.5 Å². The third kappa shape index (κ3) is 3.83. The van der Waals surface area contributed by atoms with Crippen LogP contribution in [0.25, 0.3) is 10.8 Å². The lowest BCUT2D eigenvalue weighted by Crippen LogP contribution is -2.57. The number of fused-ring (bicyclic) bond motifs is 1. The van der Waals surface area contributed by atoms with Gasteiger partial charge in [0.05, 0.1) is 5.54 Å². The van der Waals surface area contributed by atoms with Crippen molar-refractivity contribution in [2.24, 2.45) is 5.73 Å². The number of ether oxygens (including phenoxy) is 1. The minimum Gasteiger partial charge on any atom is -0.381 e. The highest BCUT2D eigenvalue weighted by Gasteiger charge is 2.37. The molecule has 0 aliphatic carbocycles. The van der Waals surface area contributed by atoms with Gasteiger partial charge in [0.25, 0.3) is 0 Å². The van der Waals surface area contributed by atoms with Crippen molar-refractivity contribution in [3.05, 3.63) is 48.0 Å². The number of carbonyl (C=O) groups is 1. The quantitative estimate of drug-likeness (QED) is 0.939. The molecule has 0 radical (unpaired) electrons. The van der Waals surface area contributed by atoms with Gasteiger partial charge in [0.2, 0.25) is 5.91 Å². The van der Waals surface area contributed by atoms with Gasteiger partial charge in [-0.1, -0.05) is 36.4 Å². The highest BCUT2D eigenvalue weighted by Crippen LogP contribution is 2.22. The Hall–Kier alpha value is -1.62. The molecule has 124 valence electrons. The molecule has 1 heterocycles.